The van der Waals surface area contributed by atoms with E-state index in [1.807, 2.05) is 0 Å². The van der Waals surface area contributed by atoms with Crippen LogP contribution < -0.4 is 4.74 Å². The first kappa shape index (κ1) is 19.5. The van der Waals surface area contributed by atoms with E-state index < -0.39 is 28.1 Å². The SMILES string of the molecule is COC(=O)c1cc([N+](=O)[O-])c(C(=O)OC)cc1Oc1ccc(Cl)cc1Cl. The van der Waals surface area contributed by atoms with Crippen molar-refractivity contribution in [3.63, 3.8) is 0 Å². The maximum Gasteiger partial charge on any atom is 0.345 e. The number of nitrogens with zero attached hydrogens (tertiary/aromatic N) is 1. The van der Waals surface area contributed by atoms with Gasteiger partial charge in [0, 0.05) is 17.2 Å². The first-order chi connectivity index (χ1) is 12.3. The van der Waals surface area contributed by atoms with Crippen molar-refractivity contribution in [1.29, 1.82) is 0 Å². The molecule has 0 atom stereocenters. The van der Waals surface area contributed by atoms with Crippen molar-refractivity contribution in [3.05, 3.63) is 61.6 Å². The van der Waals surface area contributed by atoms with E-state index in [-0.39, 0.29) is 22.1 Å². The Morgan fingerprint density at radius 1 is 0.962 bits per heavy atom. The molecule has 0 saturated carbocycles. The van der Waals surface area contributed by atoms with Gasteiger partial charge in [0.2, 0.25) is 0 Å². The van der Waals surface area contributed by atoms with Gasteiger partial charge in [-0.1, -0.05) is 23.2 Å². The first-order valence-corrected chi connectivity index (χ1v) is 7.66. The molecule has 2 aromatic rings. The summed E-state index contributed by atoms with van der Waals surface area (Å²) in [5.41, 5.74) is -1.30. The standard InChI is InChI=1S/C16H11Cl2NO7/c1-24-15(20)9-7-14(26-13-4-3-8(17)5-11(13)18)10(16(21)25-2)6-12(9)19(22)23/h3-7H,1-2H3. The van der Waals surface area contributed by atoms with Crippen LogP contribution in [0.5, 0.6) is 11.5 Å². The highest BCUT2D eigenvalue weighted by atomic mass is 35.5. The Labute approximate surface area is 157 Å². The summed E-state index contributed by atoms with van der Waals surface area (Å²) in [6.07, 6.45) is 0. The zero-order valence-corrected chi connectivity index (χ0v) is 15.0. The molecule has 8 nitrogen and oxygen atoms in total. The topological polar surface area (TPSA) is 105 Å². The second-order valence-electron chi connectivity index (χ2n) is 4.78. The van der Waals surface area contributed by atoms with Gasteiger partial charge in [-0.2, -0.15) is 0 Å². The number of nitro groups is 1. The van der Waals surface area contributed by atoms with E-state index in [0.717, 1.165) is 26.4 Å². The van der Waals surface area contributed by atoms with Gasteiger partial charge in [-0.05, 0) is 18.2 Å². The fraction of sp³-hybridized carbons (Fsp3) is 0.125. The van der Waals surface area contributed by atoms with Crippen LogP contribution in [0.3, 0.4) is 0 Å². The van der Waals surface area contributed by atoms with E-state index in [4.69, 9.17) is 27.9 Å². The second kappa shape index (κ2) is 8.03. The summed E-state index contributed by atoms with van der Waals surface area (Å²) < 4.78 is 14.7. The zero-order chi connectivity index (χ0) is 19.4. The summed E-state index contributed by atoms with van der Waals surface area (Å²) >= 11 is 11.8. The summed E-state index contributed by atoms with van der Waals surface area (Å²) in [7, 11) is 2.16. The quantitative estimate of drug-likeness (QED) is 0.419. The van der Waals surface area contributed by atoms with Gasteiger partial charge in [-0.3, -0.25) is 10.1 Å². The van der Waals surface area contributed by atoms with Crippen molar-refractivity contribution in [1.82, 2.24) is 0 Å². The monoisotopic (exact) mass is 399 g/mol. The maximum atomic E-state index is 12.0. The molecular weight excluding hydrogens is 389 g/mol. The molecule has 2 rings (SSSR count). The molecule has 0 bridgehead atoms. The highest BCUT2D eigenvalue weighted by Crippen LogP contribution is 2.36. The minimum atomic E-state index is -0.972. The van der Waals surface area contributed by atoms with Crippen molar-refractivity contribution in [2.24, 2.45) is 0 Å². The molecule has 0 N–H and O–H groups in total. The van der Waals surface area contributed by atoms with Crippen molar-refractivity contribution >= 4 is 40.8 Å². The number of hydrogen-bond donors (Lipinski definition) is 0. The molecule has 0 unspecified atom stereocenters. The van der Waals surface area contributed by atoms with E-state index in [9.17, 15) is 19.7 Å². The van der Waals surface area contributed by atoms with Crippen LogP contribution in [0, 0.1) is 10.1 Å². The van der Waals surface area contributed by atoms with Crippen molar-refractivity contribution < 1.29 is 28.7 Å². The summed E-state index contributed by atoms with van der Waals surface area (Å²) in [6, 6.07) is 6.22. The summed E-state index contributed by atoms with van der Waals surface area (Å²) in [5, 5.41) is 11.7. The number of benzene rings is 2. The molecule has 0 saturated heterocycles. The summed E-state index contributed by atoms with van der Waals surface area (Å²) in [6.45, 7) is 0. The van der Waals surface area contributed by atoms with E-state index in [1.54, 1.807) is 0 Å². The average molecular weight is 400 g/mol. The molecule has 0 aliphatic carbocycles. The molecule has 0 aliphatic rings. The number of carbonyl (C=O) groups excluding carboxylic acids is 2. The fourth-order valence-corrected chi connectivity index (χ4v) is 2.47. The van der Waals surface area contributed by atoms with Crippen LogP contribution in [0.4, 0.5) is 5.69 Å². The van der Waals surface area contributed by atoms with Gasteiger partial charge < -0.3 is 14.2 Å². The lowest BCUT2D eigenvalue weighted by Gasteiger charge is -2.13. The van der Waals surface area contributed by atoms with Crippen LogP contribution in [0.25, 0.3) is 0 Å². The summed E-state index contributed by atoms with van der Waals surface area (Å²) in [4.78, 5) is 34.3. The number of ether oxygens (including phenoxy) is 3. The highest BCUT2D eigenvalue weighted by molar-refractivity contribution is 6.35. The Balaban J connectivity index is 2.66. The Morgan fingerprint density at radius 3 is 2.12 bits per heavy atom. The van der Waals surface area contributed by atoms with Crippen molar-refractivity contribution in [3.8, 4) is 11.5 Å². The zero-order valence-electron chi connectivity index (χ0n) is 13.4. The maximum absolute atomic E-state index is 12.0. The largest absolute Gasteiger partial charge is 0.465 e. The molecule has 0 fully saturated rings. The third-order valence-corrected chi connectivity index (χ3v) is 3.75. The van der Waals surface area contributed by atoms with Crippen LogP contribution in [0.2, 0.25) is 10.0 Å². The number of hydrogen-bond acceptors (Lipinski definition) is 7. The lowest BCUT2D eigenvalue weighted by Crippen LogP contribution is -2.10. The van der Waals surface area contributed by atoms with Gasteiger partial charge in [0.05, 0.1) is 24.2 Å². The third kappa shape index (κ3) is 4.04. The predicted molar refractivity (Wildman–Crippen MR) is 92.3 cm³/mol. The van der Waals surface area contributed by atoms with Crippen molar-refractivity contribution in [2.45, 2.75) is 0 Å². The van der Waals surface area contributed by atoms with Gasteiger partial charge in [-0.25, -0.2) is 9.59 Å². The van der Waals surface area contributed by atoms with E-state index in [1.165, 1.54) is 18.2 Å². The Bertz CT molecular complexity index is 898. The van der Waals surface area contributed by atoms with Gasteiger partial charge >= 0.3 is 11.9 Å². The fourth-order valence-electron chi connectivity index (χ4n) is 2.02. The van der Waals surface area contributed by atoms with Gasteiger partial charge in [0.15, 0.2) is 0 Å². The molecule has 136 valence electrons. The van der Waals surface area contributed by atoms with Gasteiger partial charge in [0.1, 0.15) is 22.6 Å². The third-order valence-electron chi connectivity index (χ3n) is 3.22. The summed E-state index contributed by atoms with van der Waals surface area (Å²) in [5.74, 6) is -1.93. The van der Waals surface area contributed by atoms with Gasteiger partial charge in [0.25, 0.3) is 5.69 Å². The Morgan fingerprint density at radius 2 is 1.58 bits per heavy atom. The smallest absolute Gasteiger partial charge is 0.345 e. The molecule has 2 aromatic carbocycles. The second-order valence-corrected chi connectivity index (χ2v) is 5.63. The normalized spacial score (nSPS) is 10.2. The number of carbonyl (C=O) groups is 2. The molecule has 0 spiro atoms. The number of esters is 2. The highest BCUT2D eigenvalue weighted by Gasteiger charge is 2.28. The first-order valence-electron chi connectivity index (χ1n) is 6.90. The van der Waals surface area contributed by atoms with Crippen LogP contribution in [-0.2, 0) is 9.47 Å². The molecule has 0 aliphatic heterocycles. The molecule has 0 aromatic heterocycles. The van der Waals surface area contributed by atoms with Crippen LogP contribution >= 0.6 is 23.2 Å². The number of rotatable bonds is 5. The molecule has 26 heavy (non-hydrogen) atoms. The average Bonchev–Trinajstić information content (AvgIpc) is 2.62. The number of methoxy groups -OCH3 is 2. The van der Waals surface area contributed by atoms with E-state index in [2.05, 4.69) is 9.47 Å². The molecule has 0 amide bonds. The lowest BCUT2D eigenvalue weighted by molar-refractivity contribution is -0.385. The molecular formula is C16H11Cl2NO7. The molecule has 10 heteroatoms. The molecule has 0 radical (unpaired) electrons. The minimum Gasteiger partial charge on any atom is -0.465 e. The Hall–Kier alpha value is -2.84. The molecule has 0 heterocycles. The van der Waals surface area contributed by atoms with E-state index >= 15 is 0 Å². The van der Waals surface area contributed by atoms with Crippen LogP contribution in [0.15, 0.2) is 30.3 Å². The van der Waals surface area contributed by atoms with Crippen LogP contribution in [0.1, 0.15) is 20.7 Å². The predicted octanol–water partition coefficient (Wildman–Crippen LogP) is 4.27. The van der Waals surface area contributed by atoms with Crippen LogP contribution in [-0.4, -0.2) is 31.1 Å². The number of nitro benzene ring substituents is 1. The Kier molecular flexibility index (Phi) is 6.01. The van der Waals surface area contributed by atoms with Crippen molar-refractivity contribution in [2.75, 3.05) is 14.2 Å². The van der Waals surface area contributed by atoms with Gasteiger partial charge in [-0.15, -0.1) is 0 Å². The lowest BCUT2D eigenvalue weighted by atomic mass is 10.1. The minimum absolute atomic E-state index is 0.117. The van der Waals surface area contributed by atoms with E-state index in [0.29, 0.717) is 5.02 Å². The number of halogens is 2.